The first-order valence-electron chi connectivity index (χ1n) is 9.53. The van der Waals surface area contributed by atoms with Gasteiger partial charge in [0.15, 0.2) is 0 Å². The number of nitrogens with one attached hydrogen (secondary N) is 1. The molecule has 0 aromatic heterocycles. The smallest absolute Gasteiger partial charge is 0.256 e. The lowest BCUT2D eigenvalue weighted by Crippen LogP contribution is -2.42. The molecule has 1 heterocycles. The predicted molar refractivity (Wildman–Crippen MR) is 113 cm³/mol. The van der Waals surface area contributed by atoms with Crippen molar-refractivity contribution in [1.29, 1.82) is 0 Å². The normalized spacial score (nSPS) is 16.2. The van der Waals surface area contributed by atoms with Crippen LogP contribution in [0.15, 0.2) is 57.7 Å². The lowest BCUT2D eigenvalue weighted by Gasteiger charge is -2.22. The van der Waals surface area contributed by atoms with E-state index in [-0.39, 0.29) is 5.75 Å². The second-order valence-electron chi connectivity index (χ2n) is 7.32. The maximum Gasteiger partial charge on any atom is 0.256 e. The van der Waals surface area contributed by atoms with Gasteiger partial charge in [-0.2, -0.15) is 0 Å². The van der Waals surface area contributed by atoms with Crippen LogP contribution in [-0.2, 0) is 4.79 Å². The molecule has 0 unspecified atom stereocenters. The highest BCUT2D eigenvalue weighted by atomic mass is 32.2. The number of aliphatic hydroxyl groups is 1. The number of hydrogen-bond acceptors (Lipinski definition) is 5. The number of hydrogen-bond donors (Lipinski definition) is 2. The molecule has 0 saturated carbocycles. The van der Waals surface area contributed by atoms with Crippen LogP contribution in [0, 0.1) is 12.7 Å². The largest absolute Gasteiger partial charge is 0.379 e. The van der Waals surface area contributed by atoms with Gasteiger partial charge in [-0.05, 0) is 68.7 Å². The molecular formula is C21H25FN4O2S. The van der Waals surface area contributed by atoms with Gasteiger partial charge in [0.25, 0.3) is 5.91 Å². The molecule has 1 amide bonds. The van der Waals surface area contributed by atoms with E-state index in [9.17, 15) is 14.3 Å². The SMILES string of the molecule is Cc1ccc(NC(=O)[C@@](C)(O)CSc2ccc(N=NN3CCCC3)cc2)cc1F. The molecule has 8 heteroatoms. The number of anilines is 1. The molecule has 1 fully saturated rings. The van der Waals surface area contributed by atoms with E-state index in [1.807, 2.05) is 29.3 Å². The van der Waals surface area contributed by atoms with Gasteiger partial charge in [0.05, 0.1) is 5.69 Å². The van der Waals surface area contributed by atoms with Crippen molar-refractivity contribution in [1.82, 2.24) is 5.01 Å². The number of carbonyl (C=O) groups is 1. The summed E-state index contributed by atoms with van der Waals surface area (Å²) in [6, 6.07) is 11.9. The molecule has 1 saturated heterocycles. The molecule has 3 rings (SSSR count). The van der Waals surface area contributed by atoms with Gasteiger partial charge in [0.2, 0.25) is 0 Å². The zero-order valence-electron chi connectivity index (χ0n) is 16.6. The topological polar surface area (TPSA) is 77.3 Å². The predicted octanol–water partition coefficient (Wildman–Crippen LogP) is 4.71. The minimum atomic E-state index is -1.61. The zero-order valence-corrected chi connectivity index (χ0v) is 17.4. The van der Waals surface area contributed by atoms with E-state index >= 15 is 0 Å². The van der Waals surface area contributed by atoms with Gasteiger partial charge >= 0.3 is 0 Å². The Labute approximate surface area is 174 Å². The van der Waals surface area contributed by atoms with E-state index in [0.717, 1.165) is 36.5 Å². The molecule has 0 aliphatic carbocycles. The van der Waals surface area contributed by atoms with Crippen LogP contribution in [0.2, 0.25) is 0 Å². The summed E-state index contributed by atoms with van der Waals surface area (Å²) in [7, 11) is 0. The highest BCUT2D eigenvalue weighted by Gasteiger charge is 2.30. The summed E-state index contributed by atoms with van der Waals surface area (Å²) in [5.41, 5.74) is -0.0443. The highest BCUT2D eigenvalue weighted by molar-refractivity contribution is 7.99. The Morgan fingerprint density at radius 2 is 1.93 bits per heavy atom. The Balaban J connectivity index is 1.53. The lowest BCUT2D eigenvalue weighted by molar-refractivity contribution is -0.130. The van der Waals surface area contributed by atoms with Crippen LogP contribution in [-0.4, -0.2) is 40.5 Å². The first-order valence-corrected chi connectivity index (χ1v) is 10.5. The summed E-state index contributed by atoms with van der Waals surface area (Å²) < 4.78 is 13.6. The second-order valence-corrected chi connectivity index (χ2v) is 8.37. The molecule has 2 N–H and O–H groups in total. The number of rotatable bonds is 7. The summed E-state index contributed by atoms with van der Waals surface area (Å²) in [4.78, 5) is 13.3. The number of aryl methyl sites for hydroxylation is 1. The van der Waals surface area contributed by atoms with Gasteiger partial charge in [0.1, 0.15) is 11.4 Å². The summed E-state index contributed by atoms with van der Waals surface area (Å²) in [6.07, 6.45) is 2.31. The average molecular weight is 417 g/mol. The Morgan fingerprint density at radius 1 is 1.24 bits per heavy atom. The van der Waals surface area contributed by atoms with E-state index in [4.69, 9.17) is 0 Å². The van der Waals surface area contributed by atoms with Crippen LogP contribution in [0.1, 0.15) is 25.3 Å². The number of amides is 1. The Morgan fingerprint density at radius 3 is 2.59 bits per heavy atom. The van der Waals surface area contributed by atoms with Crippen LogP contribution in [0.5, 0.6) is 0 Å². The van der Waals surface area contributed by atoms with Crippen LogP contribution in [0.4, 0.5) is 15.8 Å². The van der Waals surface area contributed by atoms with Crippen molar-refractivity contribution in [3.63, 3.8) is 0 Å². The van der Waals surface area contributed by atoms with Crippen LogP contribution in [0.3, 0.4) is 0 Å². The zero-order chi connectivity index (χ0) is 20.9. The molecular weight excluding hydrogens is 391 g/mol. The van der Waals surface area contributed by atoms with E-state index in [2.05, 4.69) is 15.7 Å². The number of carbonyl (C=O) groups excluding carboxylic acids is 1. The summed E-state index contributed by atoms with van der Waals surface area (Å²) >= 11 is 1.36. The molecule has 0 radical (unpaired) electrons. The van der Waals surface area contributed by atoms with Crippen molar-refractivity contribution in [3.8, 4) is 0 Å². The van der Waals surface area contributed by atoms with Crippen LogP contribution in [0.25, 0.3) is 0 Å². The maximum atomic E-state index is 13.6. The van der Waals surface area contributed by atoms with E-state index in [1.165, 1.54) is 24.8 Å². The van der Waals surface area contributed by atoms with Gasteiger partial charge in [-0.1, -0.05) is 11.3 Å². The fourth-order valence-electron chi connectivity index (χ4n) is 2.74. The number of benzene rings is 2. The van der Waals surface area contributed by atoms with Crippen molar-refractivity contribution >= 4 is 29.0 Å². The Bertz CT molecular complexity index is 881. The second kappa shape index (κ2) is 9.37. The standard InChI is InChI=1S/C21H25FN4O2S/c1-15-5-6-17(13-19(15)22)23-20(27)21(2,28)14-29-18-9-7-16(8-10-18)24-25-26-11-3-4-12-26/h5-10,13,28H,3-4,11-12,14H2,1-2H3,(H,23,27)/t21-/m0/s1. The first kappa shape index (κ1) is 21.3. The van der Waals surface area contributed by atoms with Gasteiger partial charge < -0.3 is 10.4 Å². The van der Waals surface area contributed by atoms with Gasteiger partial charge in [-0.3, -0.25) is 9.80 Å². The molecule has 6 nitrogen and oxygen atoms in total. The summed E-state index contributed by atoms with van der Waals surface area (Å²) in [5.74, 6) is -0.829. The molecule has 0 spiro atoms. The third kappa shape index (κ3) is 6.01. The number of thioether (sulfide) groups is 1. The molecule has 154 valence electrons. The minimum absolute atomic E-state index is 0.155. The van der Waals surface area contributed by atoms with E-state index in [1.54, 1.807) is 19.1 Å². The molecule has 0 bridgehead atoms. The van der Waals surface area contributed by atoms with Gasteiger partial charge in [0, 0.05) is 29.4 Å². The lowest BCUT2D eigenvalue weighted by atomic mass is 10.1. The monoisotopic (exact) mass is 416 g/mol. The fraction of sp³-hybridized carbons (Fsp3) is 0.381. The van der Waals surface area contributed by atoms with E-state index in [0.29, 0.717) is 11.3 Å². The molecule has 2 aromatic rings. The molecule has 29 heavy (non-hydrogen) atoms. The van der Waals surface area contributed by atoms with Crippen molar-refractivity contribution in [2.24, 2.45) is 10.3 Å². The van der Waals surface area contributed by atoms with Crippen LogP contribution < -0.4 is 5.32 Å². The number of nitrogens with zero attached hydrogens (tertiary/aromatic N) is 3. The fourth-order valence-corrected chi connectivity index (χ4v) is 3.65. The molecule has 1 aliphatic heterocycles. The third-order valence-electron chi connectivity index (χ3n) is 4.64. The highest BCUT2D eigenvalue weighted by Crippen LogP contribution is 2.26. The third-order valence-corrected chi connectivity index (χ3v) is 5.96. The number of halogens is 1. The van der Waals surface area contributed by atoms with Crippen LogP contribution >= 0.6 is 11.8 Å². The Kier molecular flexibility index (Phi) is 6.87. The van der Waals surface area contributed by atoms with E-state index < -0.39 is 17.3 Å². The van der Waals surface area contributed by atoms with Crippen molar-refractivity contribution in [2.45, 2.75) is 37.2 Å². The Hall–Kier alpha value is -2.45. The quantitative estimate of drug-likeness (QED) is 0.506. The molecule has 1 atom stereocenters. The summed E-state index contributed by atoms with van der Waals surface area (Å²) in [6.45, 7) is 4.99. The average Bonchev–Trinajstić information content (AvgIpc) is 3.22. The van der Waals surface area contributed by atoms with Crippen molar-refractivity contribution in [2.75, 3.05) is 24.2 Å². The minimum Gasteiger partial charge on any atom is -0.379 e. The molecule has 2 aromatic carbocycles. The van der Waals surface area contributed by atoms with Gasteiger partial charge in [-0.15, -0.1) is 16.9 Å². The van der Waals surface area contributed by atoms with Crippen molar-refractivity contribution < 1.29 is 14.3 Å². The van der Waals surface area contributed by atoms with Gasteiger partial charge in [-0.25, -0.2) is 4.39 Å². The van der Waals surface area contributed by atoms with Crippen molar-refractivity contribution in [3.05, 3.63) is 53.8 Å². The maximum absolute atomic E-state index is 13.6. The summed E-state index contributed by atoms with van der Waals surface area (Å²) in [5, 5.41) is 23.5. The molecule has 1 aliphatic rings. The first-order chi connectivity index (χ1) is 13.8.